The molecule has 5 aliphatic rings. The van der Waals surface area contributed by atoms with Crippen molar-refractivity contribution in [3.8, 4) is 0 Å². The van der Waals surface area contributed by atoms with E-state index in [4.69, 9.17) is 0 Å². The Morgan fingerprint density at radius 2 is 2.05 bits per heavy atom. The first-order chi connectivity index (χ1) is 10.6. The zero-order valence-corrected chi connectivity index (χ0v) is 14.1. The van der Waals surface area contributed by atoms with Gasteiger partial charge in [-0.2, -0.15) is 16.6 Å². The second-order valence-corrected chi connectivity index (χ2v) is 9.45. The van der Waals surface area contributed by atoms with E-state index in [2.05, 4.69) is 32.5 Å². The van der Waals surface area contributed by atoms with Gasteiger partial charge in [0.2, 0.25) is 0 Å². The summed E-state index contributed by atoms with van der Waals surface area (Å²) < 4.78 is 0. The van der Waals surface area contributed by atoms with Crippen LogP contribution in [-0.2, 0) is 5.54 Å². The maximum Gasteiger partial charge on any atom is 0.171 e. The monoisotopic (exact) mass is 319 g/mol. The summed E-state index contributed by atoms with van der Waals surface area (Å²) in [5, 5.41) is 17.3. The molecule has 1 aromatic heterocycles. The molecule has 1 aliphatic heterocycles. The number of nitrogens with one attached hydrogen (secondary N) is 1. The van der Waals surface area contributed by atoms with Crippen LogP contribution < -0.4 is 5.32 Å². The molecule has 2 unspecified atom stereocenters. The lowest BCUT2D eigenvalue weighted by Gasteiger charge is -2.62. The number of rotatable bonds is 3. The van der Waals surface area contributed by atoms with Crippen LogP contribution in [0.1, 0.15) is 50.8 Å². The van der Waals surface area contributed by atoms with Gasteiger partial charge in [-0.15, -0.1) is 10.2 Å². The van der Waals surface area contributed by atoms with Gasteiger partial charge >= 0.3 is 0 Å². The lowest BCUT2D eigenvalue weighted by atomic mass is 9.50. The van der Waals surface area contributed by atoms with Gasteiger partial charge in [0.25, 0.3) is 0 Å². The molecule has 1 saturated heterocycles. The molecular formula is C16H25N5S. The van der Waals surface area contributed by atoms with Crippen molar-refractivity contribution in [2.24, 2.45) is 11.8 Å². The van der Waals surface area contributed by atoms with Gasteiger partial charge < -0.3 is 5.32 Å². The molecule has 0 amide bonds. The van der Waals surface area contributed by atoms with E-state index in [-0.39, 0.29) is 5.54 Å². The molecule has 4 bridgehead atoms. The van der Waals surface area contributed by atoms with E-state index in [9.17, 15) is 0 Å². The van der Waals surface area contributed by atoms with E-state index in [0.717, 1.165) is 23.7 Å². The molecule has 0 aromatic carbocycles. The first-order valence-corrected chi connectivity index (χ1v) is 9.93. The number of thioether (sulfide) groups is 1. The summed E-state index contributed by atoms with van der Waals surface area (Å²) in [7, 11) is 0. The molecule has 0 radical (unpaired) electrons. The van der Waals surface area contributed by atoms with Crippen LogP contribution in [-0.4, -0.2) is 43.3 Å². The third-order valence-electron chi connectivity index (χ3n) is 6.41. The quantitative estimate of drug-likeness (QED) is 0.925. The molecular weight excluding hydrogens is 294 g/mol. The molecule has 6 rings (SSSR count). The van der Waals surface area contributed by atoms with Crippen molar-refractivity contribution in [3.05, 3.63) is 5.82 Å². The van der Waals surface area contributed by atoms with Gasteiger partial charge in [0, 0.05) is 17.3 Å². The topological polar surface area (TPSA) is 55.6 Å². The molecule has 5 nitrogen and oxygen atoms in total. The molecule has 4 saturated carbocycles. The van der Waals surface area contributed by atoms with Crippen molar-refractivity contribution >= 4 is 11.8 Å². The molecule has 1 aromatic rings. The van der Waals surface area contributed by atoms with Crippen molar-refractivity contribution in [2.75, 3.05) is 11.5 Å². The molecule has 4 aliphatic carbocycles. The van der Waals surface area contributed by atoms with Gasteiger partial charge in [-0.3, -0.25) is 0 Å². The molecule has 2 heterocycles. The summed E-state index contributed by atoms with van der Waals surface area (Å²) in [6, 6.07) is 0.726. The summed E-state index contributed by atoms with van der Waals surface area (Å²) in [6.45, 7) is 1.95. The highest BCUT2D eigenvalue weighted by molar-refractivity contribution is 7.99. The largest absolute Gasteiger partial charge is 0.308 e. The molecule has 1 N–H and O–H groups in total. The maximum atomic E-state index is 4.63. The van der Waals surface area contributed by atoms with Crippen molar-refractivity contribution in [3.63, 3.8) is 0 Å². The fraction of sp³-hybridized carbons (Fsp3) is 0.938. The summed E-state index contributed by atoms with van der Waals surface area (Å²) in [6.07, 6.45) is 9.27. The van der Waals surface area contributed by atoms with E-state index < -0.39 is 0 Å². The van der Waals surface area contributed by atoms with Crippen LogP contribution in [0.2, 0.25) is 0 Å². The standard InChI is InChI=1S/C16H25N5S/c1-11-18-20-21(19-11)16-7-12-4-13(8-16)6-15(5-12,10-16)17-14-2-3-22-9-14/h12-14,17H,2-10H2,1H3/t12-,13+,14-,15?,16?/m1/s1. The summed E-state index contributed by atoms with van der Waals surface area (Å²) in [5.74, 6) is 5.15. The van der Waals surface area contributed by atoms with Crippen LogP contribution in [0.5, 0.6) is 0 Å². The van der Waals surface area contributed by atoms with Crippen LogP contribution in [0.25, 0.3) is 0 Å². The number of aromatic nitrogens is 4. The average Bonchev–Trinajstić information content (AvgIpc) is 3.08. The Hall–Kier alpha value is -0.620. The predicted molar refractivity (Wildman–Crippen MR) is 86.8 cm³/mol. The van der Waals surface area contributed by atoms with Crippen molar-refractivity contribution < 1.29 is 0 Å². The predicted octanol–water partition coefficient (Wildman–Crippen LogP) is 2.12. The van der Waals surface area contributed by atoms with E-state index in [0.29, 0.717) is 5.54 Å². The highest BCUT2D eigenvalue weighted by atomic mass is 32.2. The van der Waals surface area contributed by atoms with Crippen LogP contribution in [0.4, 0.5) is 0 Å². The molecule has 6 heteroatoms. The molecule has 5 fully saturated rings. The minimum atomic E-state index is 0.143. The Balaban J connectivity index is 1.48. The summed E-state index contributed by atoms with van der Waals surface area (Å²) in [4.78, 5) is 2.00. The second-order valence-electron chi connectivity index (χ2n) is 8.30. The molecule has 5 atom stereocenters. The highest BCUT2D eigenvalue weighted by Crippen LogP contribution is 2.60. The lowest BCUT2D eigenvalue weighted by Crippen LogP contribution is -2.66. The fourth-order valence-corrected chi connectivity index (χ4v) is 7.34. The SMILES string of the molecule is Cc1nnn(C23C[C@@H]4C[C@@H](CC(N[C@@H]5CCSC5)(C4)C2)C3)n1. The number of tetrazole rings is 1. The average molecular weight is 319 g/mol. The Morgan fingerprint density at radius 1 is 1.23 bits per heavy atom. The van der Waals surface area contributed by atoms with Crippen LogP contribution in [0, 0.1) is 18.8 Å². The number of nitrogens with zero attached hydrogens (tertiary/aromatic N) is 4. The smallest absolute Gasteiger partial charge is 0.171 e. The third-order valence-corrected chi connectivity index (χ3v) is 7.57. The van der Waals surface area contributed by atoms with Gasteiger partial charge in [-0.1, -0.05) is 0 Å². The second kappa shape index (κ2) is 4.69. The van der Waals surface area contributed by atoms with Gasteiger partial charge in [0.05, 0.1) is 5.54 Å². The van der Waals surface area contributed by atoms with Gasteiger partial charge in [-0.25, -0.2) is 0 Å². The van der Waals surface area contributed by atoms with Gasteiger partial charge in [-0.05, 0) is 74.7 Å². The van der Waals surface area contributed by atoms with Gasteiger partial charge in [0.1, 0.15) is 0 Å². The highest BCUT2D eigenvalue weighted by Gasteiger charge is 2.60. The van der Waals surface area contributed by atoms with E-state index in [1.807, 2.05) is 11.7 Å². The maximum absolute atomic E-state index is 4.63. The van der Waals surface area contributed by atoms with E-state index in [1.54, 1.807) is 0 Å². The third kappa shape index (κ3) is 2.06. The zero-order chi connectivity index (χ0) is 14.8. The first kappa shape index (κ1) is 13.8. The Morgan fingerprint density at radius 3 is 2.68 bits per heavy atom. The molecule has 0 spiro atoms. The zero-order valence-electron chi connectivity index (χ0n) is 13.3. The summed E-state index contributed by atoms with van der Waals surface area (Å²) in [5.41, 5.74) is 0.491. The Labute approximate surface area is 136 Å². The van der Waals surface area contributed by atoms with Crippen molar-refractivity contribution in [2.45, 2.75) is 69.0 Å². The van der Waals surface area contributed by atoms with Crippen LogP contribution in [0.3, 0.4) is 0 Å². The van der Waals surface area contributed by atoms with Crippen molar-refractivity contribution in [1.29, 1.82) is 0 Å². The van der Waals surface area contributed by atoms with E-state index in [1.165, 1.54) is 56.5 Å². The minimum Gasteiger partial charge on any atom is -0.308 e. The number of aryl methyl sites for hydroxylation is 1. The Kier molecular flexibility index (Phi) is 2.94. The Bertz CT molecular complexity index is 565. The normalized spacial score (nSPS) is 46.5. The number of hydrogen-bond acceptors (Lipinski definition) is 5. The fourth-order valence-electron chi connectivity index (χ4n) is 6.18. The minimum absolute atomic E-state index is 0.143. The van der Waals surface area contributed by atoms with E-state index >= 15 is 0 Å². The van der Waals surface area contributed by atoms with Crippen LogP contribution >= 0.6 is 11.8 Å². The summed E-state index contributed by atoms with van der Waals surface area (Å²) >= 11 is 2.11. The first-order valence-electron chi connectivity index (χ1n) is 8.77. The molecule has 120 valence electrons. The van der Waals surface area contributed by atoms with Crippen molar-refractivity contribution in [1.82, 2.24) is 25.5 Å². The van der Waals surface area contributed by atoms with Crippen LogP contribution in [0.15, 0.2) is 0 Å². The molecule has 22 heavy (non-hydrogen) atoms. The van der Waals surface area contributed by atoms with Gasteiger partial charge in [0.15, 0.2) is 5.82 Å². The lowest BCUT2D eigenvalue weighted by molar-refractivity contribution is -0.0874. The number of hydrogen-bond donors (Lipinski definition) is 1.